The smallest absolute Gasteiger partial charge is 0.326 e. The van der Waals surface area contributed by atoms with Crippen LogP contribution in [0.4, 0.5) is 10.5 Å². The highest BCUT2D eigenvalue weighted by Gasteiger charge is 2.19. The van der Waals surface area contributed by atoms with E-state index in [1.54, 1.807) is 12.1 Å². The van der Waals surface area contributed by atoms with Crippen LogP contribution in [0, 0.1) is 6.92 Å². The average Bonchev–Trinajstić information content (AvgIpc) is 2.37. The summed E-state index contributed by atoms with van der Waals surface area (Å²) in [5.41, 5.74) is 1.42. The molecule has 2 amide bonds. The van der Waals surface area contributed by atoms with E-state index in [0.717, 1.165) is 5.56 Å². The second kappa shape index (κ2) is 8.01. The fourth-order valence-corrected chi connectivity index (χ4v) is 2.28. The number of urea groups is 1. The molecular weight excluding hydrogens is 300 g/mol. The second-order valence-electron chi connectivity index (χ2n) is 4.25. The van der Waals surface area contributed by atoms with E-state index in [4.69, 9.17) is 16.7 Å². The van der Waals surface area contributed by atoms with Gasteiger partial charge in [-0.25, -0.2) is 9.59 Å². The number of carboxylic acids is 1. The number of halogens is 1. The number of aliphatic carboxylic acids is 1. The molecule has 1 atom stereocenters. The summed E-state index contributed by atoms with van der Waals surface area (Å²) in [7, 11) is 0. The van der Waals surface area contributed by atoms with Gasteiger partial charge in [-0.1, -0.05) is 17.7 Å². The van der Waals surface area contributed by atoms with Crippen molar-refractivity contribution in [1.82, 2.24) is 5.32 Å². The Hall–Kier alpha value is -1.40. The van der Waals surface area contributed by atoms with Crippen molar-refractivity contribution in [2.75, 3.05) is 17.3 Å². The summed E-state index contributed by atoms with van der Waals surface area (Å²) in [6.45, 7) is 1.89. The summed E-state index contributed by atoms with van der Waals surface area (Å²) in [5, 5.41) is 14.4. The lowest BCUT2D eigenvalue weighted by Gasteiger charge is -2.15. The van der Waals surface area contributed by atoms with E-state index in [1.165, 1.54) is 11.8 Å². The van der Waals surface area contributed by atoms with Crippen molar-refractivity contribution in [3.05, 3.63) is 28.8 Å². The van der Waals surface area contributed by atoms with Gasteiger partial charge in [0, 0.05) is 0 Å². The van der Waals surface area contributed by atoms with Gasteiger partial charge in [0.1, 0.15) is 6.04 Å². The van der Waals surface area contributed by atoms with E-state index in [0.29, 0.717) is 22.9 Å². The summed E-state index contributed by atoms with van der Waals surface area (Å²) < 4.78 is 0. The minimum Gasteiger partial charge on any atom is -0.480 e. The number of carboxylic acid groups (broad SMARTS) is 1. The van der Waals surface area contributed by atoms with Crippen LogP contribution in [0.3, 0.4) is 0 Å². The molecule has 0 aromatic heterocycles. The molecule has 3 N–H and O–H groups in total. The summed E-state index contributed by atoms with van der Waals surface area (Å²) >= 11 is 7.52. The van der Waals surface area contributed by atoms with Crippen molar-refractivity contribution < 1.29 is 14.7 Å². The van der Waals surface area contributed by atoms with Crippen molar-refractivity contribution in [3.8, 4) is 0 Å². The number of hydrogen-bond acceptors (Lipinski definition) is 3. The Bertz CT molecular complexity index is 497. The monoisotopic (exact) mass is 316 g/mol. The van der Waals surface area contributed by atoms with Crippen LogP contribution < -0.4 is 10.6 Å². The van der Waals surface area contributed by atoms with Gasteiger partial charge in [-0.2, -0.15) is 11.8 Å². The summed E-state index contributed by atoms with van der Waals surface area (Å²) in [6.07, 6.45) is 2.25. The number of amides is 2. The maximum atomic E-state index is 11.8. The number of carbonyl (C=O) groups is 2. The van der Waals surface area contributed by atoms with E-state index in [2.05, 4.69) is 10.6 Å². The molecule has 0 unspecified atom stereocenters. The maximum absolute atomic E-state index is 11.8. The highest BCUT2D eigenvalue weighted by molar-refractivity contribution is 7.98. The molecule has 1 rings (SSSR count). The van der Waals surface area contributed by atoms with Gasteiger partial charge in [0.2, 0.25) is 0 Å². The van der Waals surface area contributed by atoms with Crippen molar-refractivity contribution in [1.29, 1.82) is 0 Å². The molecule has 0 radical (unpaired) electrons. The van der Waals surface area contributed by atoms with Crippen LogP contribution >= 0.6 is 23.4 Å². The Morgan fingerprint density at radius 2 is 2.15 bits per heavy atom. The maximum Gasteiger partial charge on any atom is 0.326 e. The van der Waals surface area contributed by atoms with Crippen LogP contribution in [-0.2, 0) is 4.79 Å². The highest BCUT2D eigenvalue weighted by Crippen LogP contribution is 2.22. The van der Waals surface area contributed by atoms with Crippen molar-refractivity contribution >= 4 is 41.1 Å². The fraction of sp³-hybridized carbons (Fsp3) is 0.385. The zero-order chi connectivity index (χ0) is 15.1. The Morgan fingerprint density at radius 1 is 1.45 bits per heavy atom. The van der Waals surface area contributed by atoms with Gasteiger partial charge in [0.05, 0.1) is 10.7 Å². The third-order valence-corrected chi connectivity index (χ3v) is 3.54. The number of thioether (sulfide) groups is 1. The lowest BCUT2D eigenvalue weighted by atomic mass is 10.2. The molecule has 0 heterocycles. The van der Waals surface area contributed by atoms with E-state index in [1.807, 2.05) is 19.2 Å². The van der Waals surface area contributed by atoms with E-state index >= 15 is 0 Å². The molecule has 0 spiro atoms. The SMILES string of the molecule is CSCC[C@H](NC(=O)Nc1ccc(C)cc1Cl)C(=O)O. The highest BCUT2D eigenvalue weighted by atomic mass is 35.5. The number of benzene rings is 1. The van der Waals surface area contributed by atoms with Crippen LogP contribution in [-0.4, -0.2) is 35.2 Å². The first kappa shape index (κ1) is 16.7. The molecule has 7 heteroatoms. The van der Waals surface area contributed by atoms with Crippen LogP contribution in [0.15, 0.2) is 18.2 Å². The molecule has 1 aromatic carbocycles. The van der Waals surface area contributed by atoms with Gasteiger partial charge < -0.3 is 15.7 Å². The standard InChI is InChI=1S/C13H17ClN2O3S/c1-8-3-4-10(9(14)7-8)15-13(19)16-11(12(17)18)5-6-20-2/h3-4,7,11H,5-6H2,1-2H3,(H,17,18)(H2,15,16,19)/t11-/m0/s1. The third-order valence-electron chi connectivity index (χ3n) is 2.59. The Labute approximate surface area is 127 Å². The number of carbonyl (C=O) groups excluding carboxylic acids is 1. The number of nitrogens with one attached hydrogen (secondary N) is 2. The molecule has 110 valence electrons. The summed E-state index contributed by atoms with van der Waals surface area (Å²) in [6, 6.07) is 3.72. The van der Waals surface area contributed by atoms with Crippen molar-refractivity contribution in [2.45, 2.75) is 19.4 Å². The number of rotatable bonds is 6. The van der Waals surface area contributed by atoms with E-state index in [-0.39, 0.29) is 0 Å². The third kappa shape index (κ3) is 5.30. The molecule has 0 bridgehead atoms. The van der Waals surface area contributed by atoms with Crippen LogP contribution in [0.5, 0.6) is 0 Å². The number of anilines is 1. The first-order valence-corrected chi connectivity index (χ1v) is 7.76. The molecule has 0 saturated carbocycles. The Kier molecular flexibility index (Phi) is 6.67. The molecule has 1 aromatic rings. The van der Waals surface area contributed by atoms with Gasteiger partial charge in [-0.05, 0) is 43.0 Å². The summed E-state index contributed by atoms with van der Waals surface area (Å²) in [4.78, 5) is 22.8. The molecule has 0 fully saturated rings. The van der Waals surface area contributed by atoms with Gasteiger partial charge in [0.25, 0.3) is 0 Å². The average molecular weight is 317 g/mol. The second-order valence-corrected chi connectivity index (χ2v) is 5.65. The quantitative estimate of drug-likeness (QED) is 0.754. The zero-order valence-corrected chi connectivity index (χ0v) is 12.8. The first-order chi connectivity index (χ1) is 9.43. The lowest BCUT2D eigenvalue weighted by molar-refractivity contribution is -0.139. The minimum atomic E-state index is -1.05. The lowest BCUT2D eigenvalue weighted by Crippen LogP contribution is -2.43. The molecular formula is C13H17ClN2O3S. The molecule has 20 heavy (non-hydrogen) atoms. The molecule has 0 saturated heterocycles. The largest absolute Gasteiger partial charge is 0.480 e. The van der Waals surface area contributed by atoms with Crippen LogP contribution in [0.25, 0.3) is 0 Å². The van der Waals surface area contributed by atoms with Gasteiger partial charge in [0.15, 0.2) is 0 Å². The Morgan fingerprint density at radius 3 is 2.70 bits per heavy atom. The molecule has 0 aliphatic carbocycles. The van der Waals surface area contributed by atoms with E-state index < -0.39 is 18.0 Å². The summed E-state index contributed by atoms with van der Waals surface area (Å²) in [5.74, 6) is -0.396. The minimum absolute atomic E-state index is 0.367. The predicted molar refractivity (Wildman–Crippen MR) is 82.8 cm³/mol. The zero-order valence-electron chi connectivity index (χ0n) is 11.3. The predicted octanol–water partition coefficient (Wildman–Crippen LogP) is 2.98. The first-order valence-electron chi connectivity index (χ1n) is 5.99. The molecule has 0 aliphatic heterocycles. The van der Waals surface area contributed by atoms with Gasteiger partial charge >= 0.3 is 12.0 Å². The van der Waals surface area contributed by atoms with Crippen LogP contribution in [0.2, 0.25) is 5.02 Å². The Balaban J connectivity index is 2.63. The number of aryl methyl sites for hydroxylation is 1. The van der Waals surface area contributed by atoms with Crippen molar-refractivity contribution in [2.24, 2.45) is 0 Å². The topological polar surface area (TPSA) is 78.4 Å². The molecule has 0 aliphatic rings. The van der Waals surface area contributed by atoms with Crippen molar-refractivity contribution in [3.63, 3.8) is 0 Å². The number of hydrogen-bond donors (Lipinski definition) is 3. The molecule has 5 nitrogen and oxygen atoms in total. The van der Waals surface area contributed by atoms with E-state index in [9.17, 15) is 9.59 Å². The fourth-order valence-electron chi connectivity index (χ4n) is 1.53. The normalized spacial score (nSPS) is 11.8. The van der Waals surface area contributed by atoms with Gasteiger partial charge in [-0.15, -0.1) is 0 Å². The van der Waals surface area contributed by atoms with Crippen LogP contribution in [0.1, 0.15) is 12.0 Å². The van der Waals surface area contributed by atoms with Gasteiger partial charge in [-0.3, -0.25) is 0 Å².